The van der Waals surface area contributed by atoms with Gasteiger partial charge in [-0.1, -0.05) is 23.5 Å². The molecule has 1 rings (SSSR count). The molecule has 1 aliphatic heterocycles. The Morgan fingerprint density at radius 3 is 1.88 bits per heavy atom. The van der Waals surface area contributed by atoms with Gasteiger partial charge in [-0.05, 0) is 6.42 Å². The summed E-state index contributed by atoms with van der Waals surface area (Å²) in [6, 6.07) is 0. The van der Waals surface area contributed by atoms with Gasteiger partial charge in [0.2, 0.25) is 0 Å². The van der Waals surface area contributed by atoms with Crippen molar-refractivity contribution in [2.75, 3.05) is 11.5 Å². The van der Waals surface area contributed by atoms with Gasteiger partial charge in [0.05, 0.1) is 0 Å². The van der Waals surface area contributed by atoms with Gasteiger partial charge in [0.1, 0.15) is 0 Å². The van der Waals surface area contributed by atoms with Crippen LogP contribution in [0.25, 0.3) is 0 Å². The van der Waals surface area contributed by atoms with Crippen molar-refractivity contribution in [3.8, 4) is 0 Å². The van der Waals surface area contributed by atoms with Crippen molar-refractivity contribution in [3.05, 3.63) is 0 Å². The van der Waals surface area contributed by atoms with Gasteiger partial charge >= 0.3 is 4.59 Å². The SMILES string of the molecule is FC1(F)SCCCS1. The lowest BCUT2D eigenvalue weighted by Crippen LogP contribution is -2.11. The number of thioether (sulfide) groups is 2. The fourth-order valence-electron chi connectivity index (χ4n) is 0.483. The van der Waals surface area contributed by atoms with E-state index in [2.05, 4.69) is 0 Å². The lowest BCUT2D eigenvalue weighted by molar-refractivity contribution is 0.211. The first-order valence-electron chi connectivity index (χ1n) is 2.36. The summed E-state index contributed by atoms with van der Waals surface area (Å²) in [4.78, 5) is 0. The van der Waals surface area contributed by atoms with E-state index in [9.17, 15) is 8.78 Å². The molecule has 4 heteroatoms. The minimum atomic E-state index is -2.49. The molecule has 0 amide bonds. The molecule has 0 bridgehead atoms. The standard InChI is InChI=1S/C4H6F2S2/c5-4(6)7-2-1-3-8-4/h1-3H2. The first-order valence-corrected chi connectivity index (χ1v) is 4.33. The molecule has 1 heterocycles. The van der Waals surface area contributed by atoms with Gasteiger partial charge in [-0.15, -0.1) is 0 Å². The van der Waals surface area contributed by atoms with Crippen LogP contribution in [0.1, 0.15) is 6.42 Å². The van der Waals surface area contributed by atoms with Crippen LogP contribution in [0.2, 0.25) is 0 Å². The average Bonchev–Trinajstić information content (AvgIpc) is 1.65. The maximum absolute atomic E-state index is 12.1. The predicted molar refractivity (Wildman–Crippen MR) is 34.5 cm³/mol. The van der Waals surface area contributed by atoms with Gasteiger partial charge in [0.15, 0.2) is 0 Å². The first-order chi connectivity index (χ1) is 3.71. The van der Waals surface area contributed by atoms with Gasteiger partial charge in [-0.25, -0.2) is 0 Å². The third kappa shape index (κ3) is 1.82. The van der Waals surface area contributed by atoms with Crippen LogP contribution < -0.4 is 0 Å². The molecule has 8 heavy (non-hydrogen) atoms. The van der Waals surface area contributed by atoms with Gasteiger partial charge in [-0.2, -0.15) is 8.78 Å². The third-order valence-electron chi connectivity index (χ3n) is 0.829. The summed E-state index contributed by atoms with van der Waals surface area (Å²) in [6.07, 6.45) is 0.922. The molecule has 0 unspecified atom stereocenters. The maximum Gasteiger partial charge on any atom is 0.341 e. The topological polar surface area (TPSA) is 0 Å². The molecule has 0 saturated carbocycles. The van der Waals surface area contributed by atoms with Crippen molar-refractivity contribution in [2.24, 2.45) is 0 Å². The number of halogens is 2. The first kappa shape index (κ1) is 6.68. The Kier molecular flexibility index (Phi) is 2.03. The molecule has 48 valence electrons. The molecule has 0 radical (unpaired) electrons. The molecule has 0 spiro atoms. The van der Waals surface area contributed by atoms with E-state index in [1.165, 1.54) is 0 Å². The highest BCUT2D eigenvalue weighted by Gasteiger charge is 2.32. The van der Waals surface area contributed by atoms with Crippen LogP contribution in [0.3, 0.4) is 0 Å². The molecule has 0 N–H and O–H groups in total. The fraction of sp³-hybridized carbons (Fsp3) is 1.00. The summed E-state index contributed by atoms with van der Waals surface area (Å²) in [5.41, 5.74) is 0. The number of hydrogen-bond donors (Lipinski definition) is 0. The minimum Gasteiger partial charge on any atom is -0.182 e. The Hall–Kier alpha value is 0.560. The van der Waals surface area contributed by atoms with Gasteiger partial charge in [0, 0.05) is 11.5 Å². The van der Waals surface area contributed by atoms with E-state index in [0.717, 1.165) is 29.9 Å². The van der Waals surface area contributed by atoms with E-state index in [4.69, 9.17) is 0 Å². The van der Waals surface area contributed by atoms with Gasteiger partial charge in [0.25, 0.3) is 0 Å². The van der Waals surface area contributed by atoms with E-state index in [1.807, 2.05) is 0 Å². The van der Waals surface area contributed by atoms with E-state index >= 15 is 0 Å². The van der Waals surface area contributed by atoms with Crippen LogP contribution in [0.5, 0.6) is 0 Å². The van der Waals surface area contributed by atoms with Crippen LogP contribution in [-0.4, -0.2) is 16.1 Å². The van der Waals surface area contributed by atoms with Crippen LogP contribution in [0.15, 0.2) is 0 Å². The Morgan fingerprint density at radius 2 is 1.62 bits per heavy atom. The van der Waals surface area contributed by atoms with E-state index < -0.39 is 4.59 Å². The van der Waals surface area contributed by atoms with Crippen molar-refractivity contribution >= 4 is 23.5 Å². The van der Waals surface area contributed by atoms with Crippen LogP contribution in [-0.2, 0) is 0 Å². The van der Waals surface area contributed by atoms with Crippen LogP contribution >= 0.6 is 23.5 Å². The molecular formula is C4H6F2S2. The molecule has 0 nitrogen and oxygen atoms in total. The number of rotatable bonds is 0. The molecule has 1 fully saturated rings. The lowest BCUT2D eigenvalue weighted by Gasteiger charge is -2.18. The second kappa shape index (κ2) is 2.43. The van der Waals surface area contributed by atoms with Gasteiger partial charge < -0.3 is 0 Å². The molecule has 0 aromatic rings. The Bertz CT molecular complexity index is 76.1. The maximum atomic E-state index is 12.1. The van der Waals surface area contributed by atoms with E-state index in [1.54, 1.807) is 0 Å². The zero-order chi connectivity index (χ0) is 6.04. The summed E-state index contributed by atoms with van der Waals surface area (Å²) >= 11 is 1.50. The average molecular weight is 156 g/mol. The van der Waals surface area contributed by atoms with Gasteiger partial charge in [-0.3, -0.25) is 0 Å². The quantitative estimate of drug-likeness (QED) is 0.528. The Labute approximate surface area is 55.4 Å². The zero-order valence-corrected chi connectivity index (χ0v) is 5.83. The second-order valence-electron chi connectivity index (χ2n) is 1.51. The van der Waals surface area contributed by atoms with E-state index in [-0.39, 0.29) is 0 Å². The Balaban J connectivity index is 2.33. The summed E-state index contributed by atoms with van der Waals surface area (Å²) in [7, 11) is 0. The fourth-order valence-corrected chi connectivity index (χ4v) is 2.55. The lowest BCUT2D eigenvalue weighted by atomic mass is 10.6. The number of hydrogen-bond acceptors (Lipinski definition) is 2. The predicted octanol–water partition coefficient (Wildman–Crippen LogP) is 2.41. The molecule has 1 aliphatic rings. The van der Waals surface area contributed by atoms with Crippen molar-refractivity contribution in [1.29, 1.82) is 0 Å². The summed E-state index contributed by atoms with van der Waals surface area (Å²) in [5, 5.41) is 0. The largest absolute Gasteiger partial charge is 0.341 e. The molecule has 0 aromatic carbocycles. The highest BCUT2D eigenvalue weighted by molar-refractivity contribution is 8.18. The highest BCUT2D eigenvalue weighted by atomic mass is 32.2. The molecule has 0 aromatic heterocycles. The Morgan fingerprint density at radius 1 is 1.12 bits per heavy atom. The zero-order valence-electron chi connectivity index (χ0n) is 4.19. The smallest absolute Gasteiger partial charge is 0.182 e. The molecular weight excluding hydrogens is 150 g/mol. The molecule has 1 saturated heterocycles. The summed E-state index contributed by atoms with van der Waals surface area (Å²) < 4.78 is 21.8. The summed E-state index contributed by atoms with van der Waals surface area (Å²) in [6.45, 7) is 0. The third-order valence-corrected chi connectivity index (χ3v) is 3.19. The minimum absolute atomic E-state index is 0.611. The second-order valence-corrected chi connectivity index (χ2v) is 4.19. The van der Waals surface area contributed by atoms with Crippen LogP contribution in [0.4, 0.5) is 8.78 Å². The van der Waals surface area contributed by atoms with E-state index in [0.29, 0.717) is 11.5 Å². The highest BCUT2D eigenvalue weighted by Crippen LogP contribution is 2.44. The number of alkyl halides is 2. The monoisotopic (exact) mass is 156 g/mol. The molecule has 0 atom stereocenters. The van der Waals surface area contributed by atoms with Crippen LogP contribution in [0, 0.1) is 0 Å². The van der Waals surface area contributed by atoms with Crippen molar-refractivity contribution < 1.29 is 8.78 Å². The van der Waals surface area contributed by atoms with Crippen molar-refractivity contribution in [3.63, 3.8) is 0 Å². The summed E-state index contributed by atoms with van der Waals surface area (Å²) in [5.74, 6) is 1.22. The normalized spacial score (nSPS) is 27.8. The van der Waals surface area contributed by atoms with Crippen molar-refractivity contribution in [2.45, 2.75) is 11.0 Å². The van der Waals surface area contributed by atoms with Crippen molar-refractivity contribution in [1.82, 2.24) is 0 Å². The molecule has 0 aliphatic carbocycles.